The van der Waals surface area contributed by atoms with Crippen molar-refractivity contribution in [2.24, 2.45) is 5.92 Å². The van der Waals surface area contributed by atoms with E-state index in [1.165, 1.54) is 12.3 Å². The van der Waals surface area contributed by atoms with Crippen molar-refractivity contribution in [3.8, 4) is 0 Å². The molecule has 30 heavy (non-hydrogen) atoms. The highest BCUT2D eigenvalue weighted by molar-refractivity contribution is 7.89. The molecule has 0 bridgehead atoms. The van der Waals surface area contributed by atoms with Crippen molar-refractivity contribution in [3.05, 3.63) is 47.9 Å². The predicted molar refractivity (Wildman–Crippen MR) is 112 cm³/mol. The number of hydrogen-bond acceptors (Lipinski definition) is 5. The second kappa shape index (κ2) is 9.01. The number of sulfonamides is 1. The highest BCUT2D eigenvalue weighted by Gasteiger charge is 2.30. The Hall–Kier alpha value is -2.65. The molecule has 1 aliphatic rings. The van der Waals surface area contributed by atoms with Gasteiger partial charge in [-0.15, -0.1) is 0 Å². The van der Waals surface area contributed by atoms with Crippen LogP contribution in [0.5, 0.6) is 0 Å². The molecule has 0 aliphatic carbocycles. The maximum atomic E-state index is 13.0. The number of carbonyl (C=O) groups is 2. The lowest BCUT2D eigenvalue weighted by Gasteiger charge is -2.22. The molecule has 1 aromatic carbocycles. The van der Waals surface area contributed by atoms with Crippen LogP contribution in [0.2, 0.25) is 0 Å². The minimum Gasteiger partial charge on any atom is -0.467 e. The molecule has 8 nitrogen and oxygen atoms in total. The molecule has 2 amide bonds. The second-order valence-corrected chi connectivity index (χ2v) is 9.29. The van der Waals surface area contributed by atoms with Gasteiger partial charge in [-0.3, -0.25) is 9.59 Å². The largest absolute Gasteiger partial charge is 0.467 e. The van der Waals surface area contributed by atoms with Gasteiger partial charge in [0.05, 0.1) is 17.7 Å². The first-order valence-corrected chi connectivity index (χ1v) is 11.5. The quantitative estimate of drug-likeness (QED) is 0.663. The Bertz CT molecular complexity index is 1020. The van der Waals surface area contributed by atoms with Gasteiger partial charge in [-0.05, 0) is 48.2 Å². The SMILES string of the molecule is CCC(=O)N1CCc2cc(S(=O)(=O)NC(C(=O)NCc3ccco3)C(C)C)ccc21. The molecular weight excluding hydrogens is 406 g/mol. The van der Waals surface area contributed by atoms with Gasteiger partial charge in [0.15, 0.2) is 0 Å². The molecule has 1 atom stereocenters. The Labute approximate surface area is 176 Å². The molecule has 2 aromatic rings. The third-order valence-electron chi connectivity index (χ3n) is 5.11. The van der Waals surface area contributed by atoms with Crippen molar-refractivity contribution < 1.29 is 22.4 Å². The van der Waals surface area contributed by atoms with Gasteiger partial charge < -0.3 is 14.6 Å². The molecule has 0 fully saturated rings. The van der Waals surface area contributed by atoms with Gasteiger partial charge >= 0.3 is 0 Å². The monoisotopic (exact) mass is 433 g/mol. The van der Waals surface area contributed by atoms with Crippen LogP contribution in [0.15, 0.2) is 45.9 Å². The van der Waals surface area contributed by atoms with E-state index in [0.717, 1.165) is 11.3 Å². The molecular formula is C21H27N3O5S. The average molecular weight is 434 g/mol. The van der Waals surface area contributed by atoms with E-state index >= 15 is 0 Å². The predicted octanol–water partition coefficient (Wildman–Crippen LogP) is 2.20. The lowest BCUT2D eigenvalue weighted by molar-refractivity contribution is -0.124. The molecule has 1 aromatic heterocycles. The van der Waals surface area contributed by atoms with Crippen molar-refractivity contribution in [3.63, 3.8) is 0 Å². The van der Waals surface area contributed by atoms with Gasteiger partial charge in [0.25, 0.3) is 0 Å². The summed E-state index contributed by atoms with van der Waals surface area (Å²) < 4.78 is 33.6. The van der Waals surface area contributed by atoms with Gasteiger partial charge in [0, 0.05) is 18.7 Å². The molecule has 2 N–H and O–H groups in total. The van der Waals surface area contributed by atoms with E-state index < -0.39 is 22.0 Å². The highest BCUT2D eigenvalue weighted by Crippen LogP contribution is 2.30. The maximum absolute atomic E-state index is 13.0. The lowest BCUT2D eigenvalue weighted by Crippen LogP contribution is -2.49. The molecule has 2 heterocycles. The van der Waals surface area contributed by atoms with Crippen LogP contribution in [0, 0.1) is 5.92 Å². The molecule has 3 rings (SSSR count). The maximum Gasteiger partial charge on any atom is 0.241 e. The summed E-state index contributed by atoms with van der Waals surface area (Å²) in [4.78, 5) is 26.4. The van der Waals surface area contributed by atoms with Crippen LogP contribution in [0.25, 0.3) is 0 Å². The molecule has 0 spiro atoms. The fraction of sp³-hybridized carbons (Fsp3) is 0.429. The van der Waals surface area contributed by atoms with Crippen LogP contribution in [0.1, 0.15) is 38.5 Å². The number of amides is 2. The van der Waals surface area contributed by atoms with Crippen molar-refractivity contribution in [2.45, 2.75) is 51.1 Å². The summed E-state index contributed by atoms with van der Waals surface area (Å²) in [7, 11) is -3.92. The van der Waals surface area contributed by atoms with Crippen LogP contribution >= 0.6 is 0 Å². The number of nitrogens with zero attached hydrogens (tertiary/aromatic N) is 1. The summed E-state index contributed by atoms with van der Waals surface area (Å²) in [5, 5.41) is 2.70. The van der Waals surface area contributed by atoms with Crippen LogP contribution < -0.4 is 14.9 Å². The standard InChI is InChI=1S/C21H27N3O5S/c1-4-19(25)24-10-9-15-12-17(7-8-18(15)24)30(27,28)23-20(14(2)3)21(26)22-13-16-6-5-11-29-16/h5-8,11-12,14,20,23H,4,9-10,13H2,1-3H3,(H,22,26). The molecule has 9 heteroatoms. The van der Waals surface area contributed by atoms with E-state index in [4.69, 9.17) is 4.42 Å². The van der Waals surface area contributed by atoms with Gasteiger partial charge in [-0.2, -0.15) is 4.72 Å². The van der Waals surface area contributed by atoms with Crippen LogP contribution in [-0.2, 0) is 32.6 Å². The average Bonchev–Trinajstić information content (AvgIpc) is 3.38. The van der Waals surface area contributed by atoms with Crippen LogP contribution in [0.4, 0.5) is 5.69 Å². The van der Waals surface area contributed by atoms with Gasteiger partial charge in [0.1, 0.15) is 11.8 Å². The molecule has 0 saturated carbocycles. The summed E-state index contributed by atoms with van der Waals surface area (Å²) in [6.45, 7) is 6.07. The smallest absolute Gasteiger partial charge is 0.241 e. The fourth-order valence-electron chi connectivity index (χ4n) is 3.42. The summed E-state index contributed by atoms with van der Waals surface area (Å²) in [6.07, 6.45) is 2.50. The van der Waals surface area contributed by atoms with Crippen molar-refractivity contribution in [1.82, 2.24) is 10.0 Å². The number of anilines is 1. The van der Waals surface area contributed by atoms with Crippen molar-refractivity contribution >= 4 is 27.5 Å². The highest BCUT2D eigenvalue weighted by atomic mass is 32.2. The Morgan fingerprint density at radius 1 is 1.23 bits per heavy atom. The summed E-state index contributed by atoms with van der Waals surface area (Å²) in [5.41, 5.74) is 1.56. The van der Waals surface area contributed by atoms with Crippen LogP contribution in [-0.4, -0.2) is 32.8 Å². The van der Waals surface area contributed by atoms with Gasteiger partial charge in [-0.25, -0.2) is 8.42 Å². The first-order chi connectivity index (χ1) is 14.2. The first-order valence-electron chi connectivity index (χ1n) is 9.98. The number of hydrogen-bond donors (Lipinski definition) is 2. The minimum absolute atomic E-state index is 0.00980. The van der Waals surface area contributed by atoms with Crippen molar-refractivity contribution in [1.29, 1.82) is 0 Å². The van der Waals surface area contributed by atoms with E-state index in [-0.39, 0.29) is 23.3 Å². The minimum atomic E-state index is -3.92. The normalized spacial score (nSPS) is 14.6. The number of furan rings is 1. The number of carbonyl (C=O) groups excluding carboxylic acids is 2. The van der Waals surface area contributed by atoms with Gasteiger partial charge in [0.2, 0.25) is 21.8 Å². The molecule has 0 saturated heterocycles. The van der Waals surface area contributed by atoms with E-state index in [2.05, 4.69) is 10.0 Å². The van der Waals surface area contributed by atoms with Crippen molar-refractivity contribution in [2.75, 3.05) is 11.4 Å². The molecule has 1 unspecified atom stereocenters. The van der Waals surface area contributed by atoms with E-state index in [1.807, 2.05) is 0 Å². The molecule has 162 valence electrons. The topological polar surface area (TPSA) is 109 Å². The van der Waals surface area contributed by atoms with Gasteiger partial charge in [-0.1, -0.05) is 20.8 Å². The first kappa shape index (κ1) is 22.0. The summed E-state index contributed by atoms with van der Waals surface area (Å²) in [6, 6.07) is 7.22. The van der Waals surface area contributed by atoms with E-state index in [1.54, 1.807) is 49.9 Å². The van der Waals surface area contributed by atoms with E-state index in [9.17, 15) is 18.0 Å². The second-order valence-electron chi connectivity index (χ2n) is 7.58. The Balaban J connectivity index is 1.75. The third-order valence-corrected chi connectivity index (χ3v) is 6.55. The Morgan fingerprint density at radius 2 is 2.00 bits per heavy atom. The number of rotatable bonds is 8. The van der Waals surface area contributed by atoms with Crippen LogP contribution in [0.3, 0.4) is 0 Å². The lowest BCUT2D eigenvalue weighted by atomic mass is 10.1. The third kappa shape index (κ3) is 4.73. The zero-order valence-electron chi connectivity index (χ0n) is 17.3. The summed E-state index contributed by atoms with van der Waals surface area (Å²) >= 11 is 0. The number of fused-ring (bicyclic) bond motifs is 1. The Morgan fingerprint density at radius 3 is 2.63 bits per heavy atom. The fourth-order valence-corrected chi connectivity index (χ4v) is 4.81. The summed E-state index contributed by atoms with van der Waals surface area (Å²) in [5.74, 6) is -0.0941. The number of benzene rings is 1. The zero-order valence-corrected chi connectivity index (χ0v) is 18.2. The number of nitrogens with one attached hydrogen (secondary N) is 2. The zero-order chi connectivity index (χ0) is 21.9. The Kier molecular flexibility index (Phi) is 6.62. The molecule has 0 radical (unpaired) electrons. The molecule has 1 aliphatic heterocycles. The van der Waals surface area contributed by atoms with E-state index in [0.29, 0.717) is 25.1 Å².